The Labute approximate surface area is 145 Å². The van der Waals surface area contributed by atoms with E-state index >= 15 is 0 Å². The van der Waals surface area contributed by atoms with Crippen molar-refractivity contribution in [1.82, 2.24) is 25.4 Å². The zero-order valence-electron chi connectivity index (χ0n) is 12.5. The molecule has 24 heavy (non-hydrogen) atoms. The summed E-state index contributed by atoms with van der Waals surface area (Å²) in [4.78, 5) is 1.32. The Hall–Kier alpha value is -2.39. The average Bonchev–Trinajstić information content (AvgIpc) is 3.40. The van der Waals surface area contributed by atoms with Gasteiger partial charge in [0.25, 0.3) is 0 Å². The van der Waals surface area contributed by atoms with Crippen molar-refractivity contribution in [3.05, 3.63) is 52.5 Å². The smallest absolute Gasteiger partial charge is 0.209 e. The second kappa shape index (κ2) is 7.02. The zero-order chi connectivity index (χ0) is 16.2. The highest BCUT2D eigenvalue weighted by Gasteiger charge is 2.12. The van der Waals surface area contributed by atoms with Gasteiger partial charge in [0.2, 0.25) is 10.9 Å². The fourth-order valence-corrected chi connectivity index (χ4v) is 3.65. The number of hydrogen-bond donors (Lipinski definition) is 0. The number of aromatic nitrogens is 5. The number of thiophene rings is 1. The van der Waals surface area contributed by atoms with E-state index in [0.29, 0.717) is 17.3 Å². The molecule has 0 amide bonds. The summed E-state index contributed by atoms with van der Waals surface area (Å²) in [5.74, 6) is 1.91. The molecule has 0 saturated carbocycles. The first-order chi connectivity index (χ1) is 11.9. The average molecular weight is 359 g/mol. The summed E-state index contributed by atoms with van der Waals surface area (Å²) in [5, 5.41) is 18.8. The first kappa shape index (κ1) is 15.2. The molecule has 4 rings (SSSR count). The van der Waals surface area contributed by atoms with E-state index in [0.717, 1.165) is 23.8 Å². The van der Waals surface area contributed by atoms with Gasteiger partial charge >= 0.3 is 0 Å². The van der Waals surface area contributed by atoms with E-state index in [4.69, 9.17) is 8.94 Å². The van der Waals surface area contributed by atoms with E-state index in [1.54, 1.807) is 17.6 Å². The van der Waals surface area contributed by atoms with Gasteiger partial charge in [-0.1, -0.05) is 23.0 Å². The largest absolute Gasteiger partial charge is 0.461 e. The number of nitrogens with zero attached hydrogens (tertiary/aromatic N) is 5. The lowest BCUT2D eigenvalue weighted by Gasteiger charge is -2.02. The number of tetrazole rings is 1. The van der Waals surface area contributed by atoms with Crippen LogP contribution in [0.1, 0.15) is 10.6 Å². The zero-order valence-corrected chi connectivity index (χ0v) is 14.2. The van der Waals surface area contributed by atoms with Gasteiger partial charge in [-0.3, -0.25) is 0 Å². The van der Waals surface area contributed by atoms with E-state index in [2.05, 4.69) is 38.2 Å². The van der Waals surface area contributed by atoms with Crippen molar-refractivity contribution in [2.75, 3.05) is 0 Å². The molecule has 0 radical (unpaired) electrons. The van der Waals surface area contributed by atoms with Crippen molar-refractivity contribution < 1.29 is 8.94 Å². The first-order valence-corrected chi connectivity index (χ1v) is 9.16. The molecule has 0 spiro atoms. The van der Waals surface area contributed by atoms with Crippen molar-refractivity contribution >= 4 is 23.1 Å². The fraction of sp³-hybridized carbons (Fsp3) is 0.200. The molecule has 0 aliphatic rings. The Kier molecular flexibility index (Phi) is 4.43. The highest BCUT2D eigenvalue weighted by atomic mass is 32.2. The fourth-order valence-electron chi connectivity index (χ4n) is 2.16. The van der Waals surface area contributed by atoms with Crippen molar-refractivity contribution in [3.63, 3.8) is 0 Å². The maximum Gasteiger partial charge on any atom is 0.209 e. The molecular formula is C15H13N5O2S2. The molecule has 4 heterocycles. The van der Waals surface area contributed by atoms with Crippen molar-refractivity contribution in [2.24, 2.45) is 0 Å². The van der Waals surface area contributed by atoms with Gasteiger partial charge in [-0.15, -0.1) is 16.4 Å². The molecule has 0 unspecified atom stereocenters. The van der Waals surface area contributed by atoms with Gasteiger partial charge in [0.1, 0.15) is 0 Å². The van der Waals surface area contributed by atoms with Crippen LogP contribution in [0.2, 0.25) is 0 Å². The molecule has 0 bridgehead atoms. The van der Waals surface area contributed by atoms with Crippen LogP contribution in [0.4, 0.5) is 0 Å². The third kappa shape index (κ3) is 3.41. The highest BCUT2D eigenvalue weighted by molar-refractivity contribution is 7.98. The Morgan fingerprint density at radius 1 is 1.21 bits per heavy atom. The minimum Gasteiger partial charge on any atom is -0.461 e. The second-order valence-electron chi connectivity index (χ2n) is 4.96. The van der Waals surface area contributed by atoms with Crippen LogP contribution in [0, 0.1) is 0 Å². The van der Waals surface area contributed by atoms with Crippen LogP contribution >= 0.6 is 23.1 Å². The van der Waals surface area contributed by atoms with Crippen molar-refractivity contribution in [1.29, 1.82) is 0 Å². The molecule has 4 aromatic rings. The SMILES string of the molecule is c1coc(-c2cc(CSc3nnnn3CCc3cccs3)no2)c1. The van der Waals surface area contributed by atoms with Crippen LogP contribution in [0.15, 0.2) is 56.1 Å². The number of rotatable bonds is 7. The predicted molar refractivity (Wildman–Crippen MR) is 89.6 cm³/mol. The summed E-state index contributed by atoms with van der Waals surface area (Å²) in [6.07, 6.45) is 2.52. The van der Waals surface area contributed by atoms with E-state index in [9.17, 15) is 0 Å². The van der Waals surface area contributed by atoms with E-state index < -0.39 is 0 Å². The quantitative estimate of drug-likeness (QED) is 0.467. The van der Waals surface area contributed by atoms with Crippen LogP contribution in [-0.2, 0) is 18.7 Å². The minimum atomic E-state index is 0.618. The van der Waals surface area contributed by atoms with Gasteiger partial charge in [0, 0.05) is 23.1 Å². The summed E-state index contributed by atoms with van der Waals surface area (Å²) < 4.78 is 12.4. The number of furan rings is 1. The van der Waals surface area contributed by atoms with Gasteiger partial charge < -0.3 is 8.94 Å². The molecule has 0 fully saturated rings. The van der Waals surface area contributed by atoms with Gasteiger partial charge in [-0.25, -0.2) is 4.68 Å². The van der Waals surface area contributed by atoms with Crippen LogP contribution < -0.4 is 0 Å². The molecular weight excluding hydrogens is 346 g/mol. The Balaban J connectivity index is 1.37. The number of hydrogen-bond acceptors (Lipinski definition) is 8. The normalized spacial score (nSPS) is 11.2. The molecule has 9 heteroatoms. The summed E-state index contributed by atoms with van der Waals surface area (Å²) in [6.45, 7) is 0.756. The lowest BCUT2D eigenvalue weighted by atomic mass is 10.3. The summed E-state index contributed by atoms with van der Waals surface area (Å²) in [7, 11) is 0. The Bertz CT molecular complexity index is 883. The van der Waals surface area contributed by atoms with Gasteiger partial charge in [-0.05, 0) is 34.0 Å². The van der Waals surface area contributed by atoms with Crippen molar-refractivity contribution in [3.8, 4) is 11.5 Å². The van der Waals surface area contributed by atoms with Gasteiger partial charge in [0.15, 0.2) is 5.76 Å². The lowest BCUT2D eigenvalue weighted by Crippen LogP contribution is -2.04. The third-order valence-corrected chi connectivity index (χ3v) is 5.25. The van der Waals surface area contributed by atoms with Crippen LogP contribution in [0.5, 0.6) is 0 Å². The number of aryl methyl sites for hydroxylation is 2. The van der Waals surface area contributed by atoms with Gasteiger partial charge in [0.05, 0.1) is 18.5 Å². The monoisotopic (exact) mass is 359 g/mol. The van der Waals surface area contributed by atoms with Crippen LogP contribution in [-0.4, -0.2) is 25.4 Å². The summed E-state index contributed by atoms with van der Waals surface area (Å²) in [6, 6.07) is 9.69. The molecule has 0 N–H and O–H groups in total. The first-order valence-electron chi connectivity index (χ1n) is 7.29. The minimum absolute atomic E-state index is 0.618. The van der Waals surface area contributed by atoms with Crippen molar-refractivity contribution in [2.45, 2.75) is 23.9 Å². The molecule has 0 aliphatic carbocycles. The molecule has 0 aromatic carbocycles. The maximum absolute atomic E-state index is 5.29. The van der Waals surface area contributed by atoms with E-state index in [-0.39, 0.29) is 0 Å². The standard InChI is InChI=1S/C15H13N5O2S2/c1-4-13(21-7-1)14-9-11(17-22-14)10-24-15-16-18-19-20(15)6-5-12-3-2-8-23-12/h1-4,7-9H,5-6,10H2. The maximum atomic E-state index is 5.29. The molecule has 0 aliphatic heterocycles. The molecule has 4 aromatic heterocycles. The highest BCUT2D eigenvalue weighted by Crippen LogP contribution is 2.25. The summed E-state index contributed by atoms with van der Waals surface area (Å²) >= 11 is 3.27. The van der Waals surface area contributed by atoms with E-state index in [1.807, 2.05) is 22.9 Å². The predicted octanol–water partition coefficient (Wildman–Crippen LogP) is 3.52. The topological polar surface area (TPSA) is 82.8 Å². The Morgan fingerprint density at radius 2 is 2.21 bits per heavy atom. The van der Waals surface area contributed by atoms with Crippen LogP contribution in [0.25, 0.3) is 11.5 Å². The van der Waals surface area contributed by atoms with E-state index in [1.165, 1.54) is 16.6 Å². The second-order valence-corrected chi connectivity index (χ2v) is 6.94. The van der Waals surface area contributed by atoms with Crippen LogP contribution in [0.3, 0.4) is 0 Å². The Morgan fingerprint density at radius 3 is 3.04 bits per heavy atom. The third-order valence-electron chi connectivity index (χ3n) is 3.32. The summed E-state index contributed by atoms with van der Waals surface area (Å²) in [5.41, 5.74) is 0.819. The lowest BCUT2D eigenvalue weighted by molar-refractivity contribution is 0.413. The molecule has 122 valence electrons. The molecule has 0 saturated heterocycles. The van der Waals surface area contributed by atoms with Gasteiger partial charge in [-0.2, -0.15) is 0 Å². The number of thioether (sulfide) groups is 1. The molecule has 0 atom stereocenters. The molecule has 7 nitrogen and oxygen atoms in total.